The molecule has 2 heteroatoms. The highest BCUT2D eigenvalue weighted by atomic mass is 14.9. The minimum atomic E-state index is -0.00586. The van der Waals surface area contributed by atoms with Gasteiger partial charge in [-0.1, -0.05) is 74.9 Å². The first-order chi connectivity index (χ1) is 11.5. The van der Waals surface area contributed by atoms with Gasteiger partial charge in [-0.3, -0.25) is 0 Å². The monoisotopic (exact) mass is 318 g/mol. The van der Waals surface area contributed by atoms with E-state index in [-0.39, 0.29) is 5.41 Å². The summed E-state index contributed by atoms with van der Waals surface area (Å²) < 4.78 is 0. The molecule has 2 aliphatic rings. The van der Waals surface area contributed by atoms with Crippen LogP contribution in [0.2, 0.25) is 0 Å². The molecule has 0 spiro atoms. The number of amidine groups is 1. The van der Waals surface area contributed by atoms with Crippen LogP contribution in [0.3, 0.4) is 0 Å². The summed E-state index contributed by atoms with van der Waals surface area (Å²) in [5.74, 6) is 0.712. The van der Waals surface area contributed by atoms with Gasteiger partial charge >= 0.3 is 0 Å². The van der Waals surface area contributed by atoms with Crippen molar-refractivity contribution in [1.29, 1.82) is 0 Å². The lowest BCUT2D eigenvalue weighted by atomic mass is 9.75. The van der Waals surface area contributed by atoms with E-state index in [1.165, 1.54) is 22.3 Å². The fraction of sp³-hybridized carbons (Fsp3) is 0.318. The number of allylic oxidation sites excluding steroid dienone is 5. The average molecular weight is 318 g/mol. The largest absolute Gasteiger partial charge is 0.387 e. The molecule has 2 N–H and O–H groups in total. The fourth-order valence-corrected chi connectivity index (χ4v) is 3.41. The molecule has 1 aliphatic heterocycles. The number of hydrogen-bond donors (Lipinski definition) is 1. The molecule has 0 bridgehead atoms. The first kappa shape index (κ1) is 16.5. The van der Waals surface area contributed by atoms with Crippen LogP contribution in [0, 0.1) is 0 Å². The molecule has 124 valence electrons. The van der Waals surface area contributed by atoms with Crippen LogP contribution in [-0.2, 0) is 5.41 Å². The third-order valence-corrected chi connectivity index (χ3v) is 4.93. The third-order valence-electron chi connectivity index (χ3n) is 4.93. The van der Waals surface area contributed by atoms with Crippen LogP contribution in [-0.4, -0.2) is 5.84 Å². The Balaban J connectivity index is 1.98. The van der Waals surface area contributed by atoms with Crippen molar-refractivity contribution in [2.45, 2.75) is 44.9 Å². The zero-order chi connectivity index (χ0) is 17.2. The number of nitrogens with two attached hydrogens (primary N) is 1. The van der Waals surface area contributed by atoms with Crippen molar-refractivity contribution >= 4 is 17.6 Å². The molecule has 0 aromatic heterocycles. The van der Waals surface area contributed by atoms with Crippen LogP contribution in [0.15, 0.2) is 65.2 Å². The standard InChI is InChI=1S/C22H26N2/c1-4-6-17-13-18-7-8-19(15-20(18)24-21(23)14-17)22(3)11-9-16(5-2)10-12-22/h5,7-11,13,15H,2,4,6,12,14H2,1,3H3,(H2,23,24). The summed E-state index contributed by atoms with van der Waals surface area (Å²) in [6, 6.07) is 6.62. The molecule has 2 nitrogen and oxygen atoms in total. The Labute approximate surface area is 145 Å². The Morgan fingerprint density at radius 2 is 2.21 bits per heavy atom. The van der Waals surface area contributed by atoms with Gasteiger partial charge in [0.1, 0.15) is 5.84 Å². The Morgan fingerprint density at radius 3 is 2.88 bits per heavy atom. The van der Waals surface area contributed by atoms with Crippen LogP contribution in [0.4, 0.5) is 5.69 Å². The molecule has 1 aliphatic carbocycles. The highest BCUT2D eigenvalue weighted by Gasteiger charge is 2.25. The zero-order valence-electron chi connectivity index (χ0n) is 14.7. The molecular formula is C22H26N2. The zero-order valence-corrected chi connectivity index (χ0v) is 14.7. The van der Waals surface area contributed by atoms with E-state index in [1.807, 2.05) is 6.08 Å². The predicted octanol–water partition coefficient (Wildman–Crippen LogP) is 5.59. The molecule has 1 unspecified atom stereocenters. The molecule has 0 saturated heterocycles. The van der Waals surface area contributed by atoms with Gasteiger partial charge in [0.15, 0.2) is 0 Å². The molecule has 0 amide bonds. The Hall–Kier alpha value is -2.35. The van der Waals surface area contributed by atoms with Gasteiger partial charge in [-0.2, -0.15) is 0 Å². The van der Waals surface area contributed by atoms with E-state index in [9.17, 15) is 0 Å². The molecule has 1 aromatic carbocycles. The van der Waals surface area contributed by atoms with Crippen LogP contribution >= 0.6 is 0 Å². The van der Waals surface area contributed by atoms with Crippen molar-refractivity contribution in [3.63, 3.8) is 0 Å². The molecule has 1 heterocycles. The third kappa shape index (κ3) is 3.28. The first-order valence-electron chi connectivity index (χ1n) is 8.73. The van der Waals surface area contributed by atoms with E-state index < -0.39 is 0 Å². The second kappa shape index (κ2) is 6.64. The quantitative estimate of drug-likeness (QED) is 0.772. The van der Waals surface area contributed by atoms with E-state index in [2.05, 4.69) is 67.9 Å². The second-order valence-electron chi connectivity index (χ2n) is 6.97. The topological polar surface area (TPSA) is 38.4 Å². The van der Waals surface area contributed by atoms with Gasteiger partial charge in [-0.25, -0.2) is 4.99 Å². The summed E-state index contributed by atoms with van der Waals surface area (Å²) in [6.45, 7) is 8.31. The smallest absolute Gasteiger partial charge is 0.104 e. The summed E-state index contributed by atoms with van der Waals surface area (Å²) >= 11 is 0. The van der Waals surface area contributed by atoms with Crippen LogP contribution in [0.1, 0.15) is 50.7 Å². The van der Waals surface area contributed by atoms with Gasteiger partial charge in [-0.15, -0.1) is 0 Å². The van der Waals surface area contributed by atoms with Crippen molar-refractivity contribution in [2.75, 3.05) is 0 Å². The summed E-state index contributed by atoms with van der Waals surface area (Å²) in [7, 11) is 0. The minimum Gasteiger partial charge on any atom is -0.387 e. The number of nitrogens with zero attached hydrogens (tertiary/aromatic N) is 1. The number of fused-ring (bicyclic) bond motifs is 1. The van der Waals surface area contributed by atoms with E-state index in [4.69, 9.17) is 5.73 Å². The maximum Gasteiger partial charge on any atom is 0.104 e. The van der Waals surface area contributed by atoms with Crippen molar-refractivity contribution in [1.82, 2.24) is 0 Å². The van der Waals surface area contributed by atoms with Crippen LogP contribution < -0.4 is 5.73 Å². The van der Waals surface area contributed by atoms with Crippen molar-refractivity contribution in [3.05, 3.63) is 71.4 Å². The maximum atomic E-state index is 6.14. The van der Waals surface area contributed by atoms with Crippen molar-refractivity contribution in [3.8, 4) is 0 Å². The van der Waals surface area contributed by atoms with Gasteiger partial charge in [0, 0.05) is 17.4 Å². The molecular weight excluding hydrogens is 292 g/mol. The van der Waals surface area contributed by atoms with Crippen molar-refractivity contribution < 1.29 is 0 Å². The van der Waals surface area contributed by atoms with E-state index in [1.54, 1.807) is 0 Å². The Kier molecular flexibility index (Phi) is 4.57. The Morgan fingerprint density at radius 1 is 1.38 bits per heavy atom. The molecule has 24 heavy (non-hydrogen) atoms. The summed E-state index contributed by atoms with van der Waals surface area (Å²) in [5.41, 5.74) is 12.1. The molecule has 0 radical (unpaired) electrons. The molecule has 1 atom stereocenters. The van der Waals surface area contributed by atoms with Gasteiger partial charge in [0.2, 0.25) is 0 Å². The highest BCUT2D eigenvalue weighted by Crippen LogP contribution is 2.38. The van der Waals surface area contributed by atoms with Gasteiger partial charge in [0.25, 0.3) is 0 Å². The lowest BCUT2D eigenvalue weighted by molar-refractivity contribution is 0.598. The minimum absolute atomic E-state index is 0.00586. The van der Waals surface area contributed by atoms with Crippen LogP contribution in [0.25, 0.3) is 6.08 Å². The van der Waals surface area contributed by atoms with Gasteiger partial charge in [-0.05, 0) is 30.0 Å². The SMILES string of the molecule is C=CC1=CCC(C)(c2ccc3c(c2)N=C(N)CC(CCC)=C3)C=C1. The second-order valence-corrected chi connectivity index (χ2v) is 6.97. The van der Waals surface area contributed by atoms with E-state index >= 15 is 0 Å². The fourth-order valence-electron chi connectivity index (χ4n) is 3.41. The maximum absolute atomic E-state index is 6.14. The van der Waals surface area contributed by atoms with E-state index in [0.717, 1.165) is 31.4 Å². The molecule has 3 rings (SSSR count). The van der Waals surface area contributed by atoms with Crippen LogP contribution in [0.5, 0.6) is 0 Å². The highest BCUT2D eigenvalue weighted by molar-refractivity contribution is 5.90. The first-order valence-corrected chi connectivity index (χ1v) is 8.73. The number of aliphatic imine (C=N–C) groups is 1. The number of hydrogen-bond acceptors (Lipinski definition) is 2. The molecule has 0 saturated carbocycles. The lowest BCUT2D eigenvalue weighted by Crippen LogP contribution is -2.20. The Bertz CT molecular complexity index is 777. The van der Waals surface area contributed by atoms with Crippen molar-refractivity contribution in [2.24, 2.45) is 10.7 Å². The average Bonchev–Trinajstić information content (AvgIpc) is 2.72. The summed E-state index contributed by atoms with van der Waals surface area (Å²) in [4.78, 5) is 4.68. The number of benzene rings is 1. The van der Waals surface area contributed by atoms with Gasteiger partial charge in [0.05, 0.1) is 5.69 Å². The lowest BCUT2D eigenvalue weighted by Gasteiger charge is -2.28. The molecule has 1 aromatic rings. The number of rotatable bonds is 4. The predicted molar refractivity (Wildman–Crippen MR) is 105 cm³/mol. The summed E-state index contributed by atoms with van der Waals surface area (Å²) in [6.07, 6.45) is 14.8. The van der Waals surface area contributed by atoms with Gasteiger partial charge < -0.3 is 5.73 Å². The summed E-state index contributed by atoms with van der Waals surface area (Å²) in [5, 5.41) is 0. The normalized spacial score (nSPS) is 22.8. The van der Waals surface area contributed by atoms with E-state index in [0.29, 0.717) is 5.84 Å². The molecule has 0 fully saturated rings.